The fourth-order valence-electron chi connectivity index (χ4n) is 1.81. The van der Waals surface area contributed by atoms with E-state index in [1.807, 2.05) is 18.2 Å². The van der Waals surface area contributed by atoms with Crippen molar-refractivity contribution >= 4 is 0 Å². The van der Waals surface area contributed by atoms with Gasteiger partial charge < -0.3 is 19.9 Å². The molecule has 0 aliphatic carbocycles. The minimum Gasteiger partial charge on any atom is -0.493 e. The smallest absolute Gasteiger partial charge is 0.160 e. The largest absolute Gasteiger partial charge is 0.493 e. The maximum atomic E-state index is 9.22. The summed E-state index contributed by atoms with van der Waals surface area (Å²) < 4.78 is 10.5. The molecule has 102 valence electrons. The molecule has 0 fully saturated rings. The third-order valence-corrected chi connectivity index (χ3v) is 2.75. The average molecular weight is 253 g/mol. The van der Waals surface area contributed by atoms with E-state index in [0.717, 1.165) is 17.9 Å². The Morgan fingerprint density at radius 1 is 1.17 bits per heavy atom. The van der Waals surface area contributed by atoms with Crippen molar-refractivity contribution in [1.29, 1.82) is 0 Å². The van der Waals surface area contributed by atoms with Crippen LogP contribution in [0.5, 0.6) is 11.5 Å². The minimum atomic E-state index is -0.321. The van der Waals surface area contributed by atoms with Crippen LogP contribution >= 0.6 is 0 Å². The fourth-order valence-corrected chi connectivity index (χ4v) is 1.81. The van der Waals surface area contributed by atoms with Gasteiger partial charge in [0, 0.05) is 12.6 Å². The van der Waals surface area contributed by atoms with Crippen LogP contribution in [0.4, 0.5) is 0 Å². The average Bonchev–Trinajstić information content (AvgIpc) is 2.36. The van der Waals surface area contributed by atoms with E-state index in [1.165, 1.54) is 5.56 Å². The Kier molecular flexibility index (Phi) is 5.95. The monoisotopic (exact) mass is 253 g/mol. The molecular formula is C14H23NO3. The van der Waals surface area contributed by atoms with Gasteiger partial charge in [0.1, 0.15) is 0 Å². The van der Waals surface area contributed by atoms with Crippen LogP contribution in [0.1, 0.15) is 19.4 Å². The van der Waals surface area contributed by atoms with E-state index in [2.05, 4.69) is 12.2 Å². The zero-order valence-electron chi connectivity index (χ0n) is 11.6. The van der Waals surface area contributed by atoms with Crippen LogP contribution in [0, 0.1) is 0 Å². The first kappa shape index (κ1) is 14.8. The zero-order valence-corrected chi connectivity index (χ0v) is 11.6. The van der Waals surface area contributed by atoms with Gasteiger partial charge in [0.15, 0.2) is 11.5 Å². The first-order chi connectivity index (χ1) is 8.56. The molecule has 1 aromatic rings. The summed E-state index contributed by atoms with van der Waals surface area (Å²) in [5, 5.41) is 12.5. The van der Waals surface area contributed by atoms with E-state index in [0.29, 0.717) is 12.6 Å². The third kappa shape index (κ3) is 4.55. The van der Waals surface area contributed by atoms with Gasteiger partial charge >= 0.3 is 0 Å². The number of aliphatic hydroxyl groups is 1. The molecule has 4 nitrogen and oxygen atoms in total. The molecule has 2 atom stereocenters. The minimum absolute atomic E-state index is 0.303. The molecule has 0 saturated heterocycles. The van der Waals surface area contributed by atoms with Crippen LogP contribution in [-0.2, 0) is 6.42 Å². The second-order valence-corrected chi connectivity index (χ2v) is 4.55. The number of rotatable bonds is 7. The highest BCUT2D eigenvalue weighted by atomic mass is 16.5. The normalized spacial score (nSPS) is 14.1. The summed E-state index contributed by atoms with van der Waals surface area (Å²) in [6.07, 6.45) is 0.561. The van der Waals surface area contributed by atoms with Crippen molar-refractivity contribution in [1.82, 2.24) is 5.32 Å². The van der Waals surface area contributed by atoms with Crippen molar-refractivity contribution in [3.05, 3.63) is 23.8 Å². The van der Waals surface area contributed by atoms with Crippen molar-refractivity contribution < 1.29 is 14.6 Å². The quantitative estimate of drug-likeness (QED) is 0.775. The molecule has 0 bridgehead atoms. The molecular weight excluding hydrogens is 230 g/mol. The summed E-state index contributed by atoms with van der Waals surface area (Å²) in [5.41, 5.74) is 1.18. The molecule has 0 aromatic heterocycles. The Hall–Kier alpha value is -1.26. The summed E-state index contributed by atoms with van der Waals surface area (Å²) in [6.45, 7) is 4.48. The van der Waals surface area contributed by atoms with Crippen LogP contribution in [0.2, 0.25) is 0 Å². The Morgan fingerprint density at radius 3 is 2.39 bits per heavy atom. The number of aliphatic hydroxyl groups excluding tert-OH is 1. The van der Waals surface area contributed by atoms with Crippen LogP contribution in [0.15, 0.2) is 18.2 Å². The summed E-state index contributed by atoms with van der Waals surface area (Å²) >= 11 is 0. The lowest BCUT2D eigenvalue weighted by molar-refractivity contribution is 0.187. The standard InChI is InChI=1S/C14H23NO3/c1-10(15-9-11(2)16)7-12-5-6-13(17-3)14(8-12)18-4/h5-6,8,10-11,15-16H,7,9H2,1-4H3. The number of hydrogen-bond donors (Lipinski definition) is 2. The first-order valence-corrected chi connectivity index (χ1v) is 6.19. The Bertz CT molecular complexity index is 366. The summed E-state index contributed by atoms with van der Waals surface area (Å²) in [4.78, 5) is 0. The first-order valence-electron chi connectivity index (χ1n) is 6.19. The van der Waals surface area contributed by atoms with E-state index >= 15 is 0 Å². The van der Waals surface area contributed by atoms with Gasteiger partial charge in [-0.2, -0.15) is 0 Å². The van der Waals surface area contributed by atoms with Gasteiger partial charge in [0.25, 0.3) is 0 Å². The maximum absolute atomic E-state index is 9.22. The van der Waals surface area contributed by atoms with Crippen LogP contribution in [0.3, 0.4) is 0 Å². The molecule has 0 aliphatic heterocycles. The number of benzene rings is 1. The molecule has 2 N–H and O–H groups in total. The van der Waals surface area contributed by atoms with Gasteiger partial charge in [-0.25, -0.2) is 0 Å². The van der Waals surface area contributed by atoms with Gasteiger partial charge in [0.2, 0.25) is 0 Å². The van der Waals surface area contributed by atoms with Gasteiger partial charge in [-0.05, 0) is 38.0 Å². The maximum Gasteiger partial charge on any atom is 0.160 e. The highest BCUT2D eigenvalue weighted by molar-refractivity contribution is 5.43. The summed E-state index contributed by atoms with van der Waals surface area (Å²) in [7, 11) is 3.26. The van der Waals surface area contributed by atoms with E-state index < -0.39 is 0 Å². The predicted octanol–water partition coefficient (Wildman–Crippen LogP) is 1.61. The molecule has 0 amide bonds. The molecule has 0 aliphatic rings. The van der Waals surface area contributed by atoms with E-state index in [4.69, 9.17) is 9.47 Å². The molecule has 18 heavy (non-hydrogen) atoms. The molecule has 0 radical (unpaired) electrons. The van der Waals surface area contributed by atoms with Gasteiger partial charge in [0.05, 0.1) is 20.3 Å². The second-order valence-electron chi connectivity index (χ2n) is 4.55. The highest BCUT2D eigenvalue weighted by Gasteiger charge is 2.08. The van der Waals surface area contributed by atoms with E-state index in [1.54, 1.807) is 21.1 Å². The van der Waals surface area contributed by atoms with E-state index in [9.17, 15) is 5.11 Å². The third-order valence-electron chi connectivity index (χ3n) is 2.75. The van der Waals surface area contributed by atoms with Crippen LogP contribution in [-0.4, -0.2) is 38.0 Å². The molecule has 0 heterocycles. The number of ether oxygens (including phenoxy) is 2. The number of hydrogen-bond acceptors (Lipinski definition) is 4. The Morgan fingerprint density at radius 2 is 1.83 bits per heavy atom. The number of nitrogens with one attached hydrogen (secondary N) is 1. The van der Waals surface area contributed by atoms with Crippen molar-refractivity contribution in [3.8, 4) is 11.5 Å². The van der Waals surface area contributed by atoms with Gasteiger partial charge in [-0.1, -0.05) is 6.07 Å². The summed E-state index contributed by atoms with van der Waals surface area (Å²) in [6, 6.07) is 6.23. The Balaban J connectivity index is 2.61. The molecule has 1 rings (SSSR count). The topological polar surface area (TPSA) is 50.7 Å². The predicted molar refractivity (Wildman–Crippen MR) is 72.4 cm³/mol. The van der Waals surface area contributed by atoms with Crippen molar-refractivity contribution in [2.45, 2.75) is 32.4 Å². The van der Waals surface area contributed by atoms with Gasteiger partial charge in [-0.15, -0.1) is 0 Å². The molecule has 1 aromatic carbocycles. The lowest BCUT2D eigenvalue weighted by Gasteiger charge is -2.16. The van der Waals surface area contributed by atoms with Crippen molar-refractivity contribution in [2.24, 2.45) is 0 Å². The van der Waals surface area contributed by atoms with Gasteiger partial charge in [-0.3, -0.25) is 0 Å². The number of methoxy groups -OCH3 is 2. The lowest BCUT2D eigenvalue weighted by atomic mass is 10.1. The van der Waals surface area contributed by atoms with Crippen molar-refractivity contribution in [2.75, 3.05) is 20.8 Å². The van der Waals surface area contributed by atoms with Crippen molar-refractivity contribution in [3.63, 3.8) is 0 Å². The summed E-state index contributed by atoms with van der Waals surface area (Å²) in [5.74, 6) is 1.49. The van der Waals surface area contributed by atoms with E-state index in [-0.39, 0.29) is 6.10 Å². The molecule has 2 unspecified atom stereocenters. The Labute approximate surface area is 109 Å². The second kappa shape index (κ2) is 7.24. The molecule has 0 saturated carbocycles. The molecule has 0 spiro atoms. The lowest BCUT2D eigenvalue weighted by Crippen LogP contribution is -2.33. The van der Waals surface area contributed by atoms with Crippen LogP contribution < -0.4 is 14.8 Å². The highest BCUT2D eigenvalue weighted by Crippen LogP contribution is 2.27. The zero-order chi connectivity index (χ0) is 13.5. The fraction of sp³-hybridized carbons (Fsp3) is 0.571. The van der Waals surface area contributed by atoms with Crippen LogP contribution in [0.25, 0.3) is 0 Å². The SMILES string of the molecule is COc1ccc(CC(C)NCC(C)O)cc1OC. The molecule has 4 heteroatoms.